The second-order valence-corrected chi connectivity index (χ2v) is 9.46. The summed E-state index contributed by atoms with van der Waals surface area (Å²) in [5.41, 5.74) is 0. The average molecular weight is 578 g/mol. The van der Waals surface area contributed by atoms with E-state index in [9.17, 15) is 9.59 Å². The number of hydrogen-bond acceptors (Lipinski definition) is 4. The maximum atomic E-state index is 12.4. The molecule has 0 radical (unpaired) electrons. The minimum absolute atomic E-state index is 0. The Morgan fingerprint density at radius 1 is 1.03 bits per heavy atom. The average Bonchev–Trinajstić information content (AvgIpc) is 3.27. The zero-order valence-corrected chi connectivity index (χ0v) is 22.9. The van der Waals surface area contributed by atoms with Crippen molar-refractivity contribution in [2.75, 3.05) is 46.3 Å². The first kappa shape index (κ1) is 28.7. The highest BCUT2D eigenvalue weighted by molar-refractivity contribution is 14.0. The number of amides is 2. The Bertz CT molecular complexity index is 689. The van der Waals surface area contributed by atoms with Gasteiger partial charge in [0.1, 0.15) is 0 Å². The summed E-state index contributed by atoms with van der Waals surface area (Å²) in [6, 6.07) is 4.22. The van der Waals surface area contributed by atoms with Gasteiger partial charge in [-0.1, -0.05) is 26.3 Å². The lowest BCUT2D eigenvalue weighted by Gasteiger charge is -2.35. The molecule has 182 valence electrons. The molecule has 1 aliphatic rings. The molecule has 0 aromatic carbocycles. The van der Waals surface area contributed by atoms with Crippen LogP contribution in [0, 0.1) is 5.92 Å². The number of rotatable bonds is 11. The molecule has 2 heterocycles. The van der Waals surface area contributed by atoms with Crippen molar-refractivity contribution in [2.45, 2.75) is 52.4 Å². The van der Waals surface area contributed by atoms with Crippen molar-refractivity contribution in [3.8, 4) is 0 Å². The van der Waals surface area contributed by atoms with Crippen LogP contribution >= 0.6 is 35.3 Å². The number of nitrogens with one attached hydrogen (secondary N) is 2. The van der Waals surface area contributed by atoms with Gasteiger partial charge in [-0.25, -0.2) is 0 Å². The molecule has 0 spiro atoms. The fraction of sp³-hybridized carbons (Fsp3) is 0.696. The third kappa shape index (κ3) is 11.0. The molecule has 1 aromatic heterocycles. The molecule has 0 unspecified atom stereocenters. The summed E-state index contributed by atoms with van der Waals surface area (Å²) in [6.07, 6.45) is 5.11. The highest BCUT2D eigenvalue weighted by atomic mass is 127. The van der Waals surface area contributed by atoms with Crippen LogP contribution in [0.5, 0.6) is 0 Å². The number of thiophene rings is 1. The first-order valence-corrected chi connectivity index (χ1v) is 12.4. The summed E-state index contributed by atoms with van der Waals surface area (Å²) in [6.45, 7) is 8.50. The van der Waals surface area contributed by atoms with E-state index >= 15 is 0 Å². The van der Waals surface area contributed by atoms with E-state index in [4.69, 9.17) is 0 Å². The van der Waals surface area contributed by atoms with Crippen LogP contribution in [0.15, 0.2) is 22.5 Å². The van der Waals surface area contributed by atoms with Gasteiger partial charge in [-0.15, -0.1) is 35.3 Å². The van der Waals surface area contributed by atoms with Crippen molar-refractivity contribution in [3.05, 3.63) is 22.4 Å². The van der Waals surface area contributed by atoms with E-state index in [2.05, 4.69) is 47.0 Å². The molecule has 1 saturated heterocycles. The van der Waals surface area contributed by atoms with Crippen molar-refractivity contribution in [1.82, 2.24) is 20.4 Å². The second-order valence-electron chi connectivity index (χ2n) is 8.43. The van der Waals surface area contributed by atoms with Gasteiger partial charge in [0.2, 0.25) is 11.8 Å². The molecular formula is C23H40IN5O2S. The smallest absolute Gasteiger partial charge is 0.222 e. The fourth-order valence-electron chi connectivity index (χ4n) is 3.61. The Balaban J connectivity index is 0.00000512. The zero-order valence-electron chi connectivity index (χ0n) is 19.8. The summed E-state index contributed by atoms with van der Waals surface area (Å²) in [4.78, 5) is 34.0. The number of carbonyl (C=O) groups excluding carboxylic acids is 2. The van der Waals surface area contributed by atoms with Gasteiger partial charge in [0.05, 0.1) is 0 Å². The summed E-state index contributed by atoms with van der Waals surface area (Å²) >= 11 is 1.78. The number of guanidine groups is 1. The molecule has 1 aliphatic heterocycles. The maximum absolute atomic E-state index is 12.4. The second kappa shape index (κ2) is 16.3. The van der Waals surface area contributed by atoms with E-state index in [0.717, 1.165) is 44.7 Å². The molecule has 0 saturated carbocycles. The standard InChI is InChI=1S/C23H39N5O2S.HI/c1-19(2)18-22(30)28-15-13-27(14-16-28)21(29)9-5-4-6-11-25-23(24-3)26-12-10-20-8-7-17-31-20;/h7-8,17,19H,4-6,9-16,18H2,1-3H3,(H2,24,25,26);1H. The summed E-state index contributed by atoms with van der Waals surface area (Å²) in [5, 5.41) is 8.78. The summed E-state index contributed by atoms with van der Waals surface area (Å²) in [7, 11) is 1.79. The fourth-order valence-corrected chi connectivity index (χ4v) is 4.32. The van der Waals surface area contributed by atoms with Crippen molar-refractivity contribution >= 4 is 53.1 Å². The van der Waals surface area contributed by atoms with E-state index in [0.29, 0.717) is 44.9 Å². The quantitative estimate of drug-likeness (QED) is 0.183. The van der Waals surface area contributed by atoms with Gasteiger partial charge in [0.25, 0.3) is 0 Å². The molecule has 2 rings (SSSR count). The minimum atomic E-state index is 0. The van der Waals surface area contributed by atoms with E-state index in [1.807, 2.05) is 9.80 Å². The predicted octanol–water partition coefficient (Wildman–Crippen LogP) is 3.35. The Morgan fingerprint density at radius 2 is 1.69 bits per heavy atom. The highest BCUT2D eigenvalue weighted by Gasteiger charge is 2.23. The molecular weight excluding hydrogens is 537 g/mol. The van der Waals surface area contributed by atoms with Gasteiger partial charge in [0, 0.05) is 64.0 Å². The Hall–Kier alpha value is -1.36. The molecule has 1 fully saturated rings. The Morgan fingerprint density at radius 3 is 2.28 bits per heavy atom. The first-order chi connectivity index (χ1) is 15.0. The molecule has 9 heteroatoms. The third-order valence-electron chi connectivity index (χ3n) is 5.40. The van der Waals surface area contributed by atoms with Crippen molar-refractivity contribution in [3.63, 3.8) is 0 Å². The monoisotopic (exact) mass is 577 g/mol. The molecule has 1 aromatic rings. The number of unbranched alkanes of at least 4 members (excludes halogenated alkanes) is 2. The third-order valence-corrected chi connectivity index (χ3v) is 6.33. The van der Waals surface area contributed by atoms with Crippen molar-refractivity contribution < 1.29 is 9.59 Å². The SMILES string of the molecule is CN=C(NCCCCCC(=O)N1CCN(C(=O)CC(C)C)CC1)NCCc1cccs1.I. The summed E-state index contributed by atoms with van der Waals surface area (Å²) in [5.74, 6) is 1.64. The van der Waals surface area contributed by atoms with Crippen LogP contribution in [0.2, 0.25) is 0 Å². The van der Waals surface area contributed by atoms with Gasteiger partial charge in [-0.3, -0.25) is 14.6 Å². The largest absolute Gasteiger partial charge is 0.356 e. The van der Waals surface area contributed by atoms with Gasteiger partial charge in [-0.05, 0) is 36.6 Å². The molecule has 7 nitrogen and oxygen atoms in total. The zero-order chi connectivity index (χ0) is 22.5. The van der Waals surface area contributed by atoms with Crippen LogP contribution in [0.4, 0.5) is 0 Å². The van der Waals surface area contributed by atoms with Gasteiger partial charge < -0.3 is 20.4 Å². The van der Waals surface area contributed by atoms with E-state index in [-0.39, 0.29) is 35.8 Å². The van der Waals surface area contributed by atoms with Crippen molar-refractivity contribution in [1.29, 1.82) is 0 Å². The molecule has 2 N–H and O–H groups in total. The van der Waals surface area contributed by atoms with Crippen LogP contribution in [0.1, 0.15) is 50.8 Å². The minimum Gasteiger partial charge on any atom is -0.356 e. The van der Waals surface area contributed by atoms with Crippen LogP contribution in [-0.4, -0.2) is 73.9 Å². The lowest BCUT2D eigenvalue weighted by Crippen LogP contribution is -2.50. The van der Waals surface area contributed by atoms with Crippen LogP contribution in [0.25, 0.3) is 0 Å². The molecule has 0 atom stereocenters. The number of piperazine rings is 1. The van der Waals surface area contributed by atoms with E-state index in [1.165, 1.54) is 4.88 Å². The maximum Gasteiger partial charge on any atom is 0.222 e. The first-order valence-electron chi connectivity index (χ1n) is 11.5. The van der Waals surface area contributed by atoms with E-state index in [1.54, 1.807) is 18.4 Å². The Labute approximate surface area is 214 Å². The lowest BCUT2D eigenvalue weighted by atomic mass is 10.1. The van der Waals surface area contributed by atoms with Crippen LogP contribution in [0.3, 0.4) is 0 Å². The van der Waals surface area contributed by atoms with Gasteiger partial charge in [0.15, 0.2) is 5.96 Å². The number of aliphatic imine (C=N–C) groups is 1. The predicted molar refractivity (Wildman–Crippen MR) is 144 cm³/mol. The Kier molecular flexibility index (Phi) is 14.6. The topological polar surface area (TPSA) is 77.0 Å². The van der Waals surface area contributed by atoms with Crippen LogP contribution < -0.4 is 10.6 Å². The number of carbonyl (C=O) groups is 2. The highest BCUT2D eigenvalue weighted by Crippen LogP contribution is 2.11. The van der Waals surface area contributed by atoms with Gasteiger partial charge in [-0.2, -0.15) is 0 Å². The number of nitrogens with zero attached hydrogens (tertiary/aromatic N) is 3. The normalized spacial score (nSPS) is 14.3. The number of halogens is 1. The number of hydrogen-bond donors (Lipinski definition) is 2. The molecule has 0 aliphatic carbocycles. The lowest BCUT2D eigenvalue weighted by molar-refractivity contribution is -0.140. The van der Waals surface area contributed by atoms with Crippen molar-refractivity contribution in [2.24, 2.45) is 10.9 Å². The molecule has 0 bridgehead atoms. The van der Waals surface area contributed by atoms with Crippen LogP contribution in [-0.2, 0) is 16.0 Å². The molecule has 32 heavy (non-hydrogen) atoms. The molecule has 2 amide bonds. The van der Waals surface area contributed by atoms with Gasteiger partial charge >= 0.3 is 0 Å². The van der Waals surface area contributed by atoms with E-state index < -0.39 is 0 Å². The summed E-state index contributed by atoms with van der Waals surface area (Å²) < 4.78 is 0.